The molecule has 1 aromatic rings. The van der Waals surface area contributed by atoms with Gasteiger partial charge in [0.25, 0.3) is 5.69 Å². The fraction of sp³-hybridized carbons (Fsp3) is 0.429. The number of thioether (sulfide) groups is 2. The molecule has 1 aromatic carbocycles. The molecule has 0 saturated carbocycles. The zero-order valence-electron chi connectivity index (χ0n) is 17.9. The summed E-state index contributed by atoms with van der Waals surface area (Å²) in [5.41, 5.74) is 2.12. The van der Waals surface area contributed by atoms with Crippen molar-refractivity contribution >= 4 is 41.1 Å². The number of carbonyl (C=O) groups excluding carboxylic acids is 2. The van der Waals surface area contributed by atoms with Gasteiger partial charge in [-0.05, 0) is 31.9 Å². The predicted molar refractivity (Wildman–Crippen MR) is 123 cm³/mol. The average molecular weight is 467 g/mol. The monoisotopic (exact) mass is 466 g/mol. The molecule has 1 aliphatic rings. The molecule has 0 aromatic heterocycles. The van der Waals surface area contributed by atoms with Crippen LogP contribution in [-0.2, 0) is 19.1 Å². The average Bonchev–Trinajstić information content (AvgIpc) is 2.74. The summed E-state index contributed by atoms with van der Waals surface area (Å²) in [5, 5.41) is 14.6. The van der Waals surface area contributed by atoms with Gasteiger partial charge in [-0.15, -0.1) is 0 Å². The van der Waals surface area contributed by atoms with Crippen LogP contribution in [0.2, 0.25) is 0 Å². The first-order chi connectivity index (χ1) is 14.9. The van der Waals surface area contributed by atoms with Crippen molar-refractivity contribution in [3.63, 3.8) is 0 Å². The van der Waals surface area contributed by atoms with Gasteiger partial charge in [0.1, 0.15) is 0 Å². The smallest absolute Gasteiger partial charge is 0.336 e. The van der Waals surface area contributed by atoms with Crippen molar-refractivity contribution in [1.29, 1.82) is 0 Å². The molecule has 0 atom stereocenters. The molecule has 10 heteroatoms. The molecular weight excluding hydrogens is 440 g/mol. The Balaban J connectivity index is 2.81. The summed E-state index contributed by atoms with van der Waals surface area (Å²) >= 11 is 3.02. The highest BCUT2D eigenvalue weighted by Crippen LogP contribution is 2.41. The summed E-state index contributed by atoms with van der Waals surface area (Å²) < 4.78 is 10.6. The summed E-state index contributed by atoms with van der Waals surface area (Å²) in [6.07, 6.45) is 3.80. The van der Waals surface area contributed by atoms with Gasteiger partial charge in [-0.3, -0.25) is 10.1 Å². The molecule has 31 heavy (non-hydrogen) atoms. The lowest BCUT2D eigenvalue weighted by Crippen LogP contribution is -2.35. The SMILES string of the molecule is CCOC(=O)C1=C(CSC)NC(CSC)=C(C(=O)OCC)C1c1cccc([N+](=O)[O-])c1. The van der Waals surface area contributed by atoms with Gasteiger partial charge in [-0.25, -0.2) is 9.59 Å². The molecule has 1 aliphatic heterocycles. The second kappa shape index (κ2) is 11.8. The summed E-state index contributed by atoms with van der Waals surface area (Å²) in [6.45, 7) is 3.72. The van der Waals surface area contributed by atoms with Gasteiger partial charge >= 0.3 is 11.9 Å². The van der Waals surface area contributed by atoms with Crippen LogP contribution in [0.15, 0.2) is 46.8 Å². The maximum absolute atomic E-state index is 13.0. The van der Waals surface area contributed by atoms with E-state index in [0.717, 1.165) is 0 Å². The van der Waals surface area contributed by atoms with Gasteiger partial charge in [0.05, 0.1) is 35.2 Å². The van der Waals surface area contributed by atoms with Crippen LogP contribution in [0.25, 0.3) is 0 Å². The van der Waals surface area contributed by atoms with E-state index in [0.29, 0.717) is 28.5 Å². The Hall–Kier alpha value is -2.46. The lowest BCUT2D eigenvalue weighted by molar-refractivity contribution is -0.384. The largest absolute Gasteiger partial charge is 0.463 e. The first-order valence-corrected chi connectivity index (χ1v) is 12.5. The molecular formula is C21H26N2O6S2. The van der Waals surface area contributed by atoms with Crippen molar-refractivity contribution in [2.24, 2.45) is 0 Å². The van der Waals surface area contributed by atoms with Gasteiger partial charge in [0, 0.05) is 35.0 Å². The minimum atomic E-state index is -0.844. The molecule has 0 amide bonds. The van der Waals surface area contributed by atoms with Gasteiger partial charge in [0.2, 0.25) is 0 Å². The highest BCUT2D eigenvalue weighted by molar-refractivity contribution is 7.99. The van der Waals surface area contributed by atoms with Crippen LogP contribution in [0.3, 0.4) is 0 Å². The van der Waals surface area contributed by atoms with Crippen molar-refractivity contribution < 1.29 is 24.0 Å². The van der Waals surface area contributed by atoms with E-state index >= 15 is 0 Å². The lowest BCUT2D eigenvalue weighted by atomic mass is 9.80. The van der Waals surface area contributed by atoms with Crippen LogP contribution >= 0.6 is 23.5 Å². The third-order valence-electron chi connectivity index (χ3n) is 4.51. The molecule has 0 fully saturated rings. The van der Waals surface area contributed by atoms with Crippen LogP contribution in [0.4, 0.5) is 5.69 Å². The molecule has 0 spiro atoms. The van der Waals surface area contributed by atoms with Crippen molar-refractivity contribution in [3.8, 4) is 0 Å². The quantitative estimate of drug-likeness (QED) is 0.314. The standard InChI is InChI=1S/C21H26N2O6S2/c1-5-28-20(24)18-15(11-30-3)22-16(12-31-4)19(21(25)29-6-2)17(18)13-8-7-9-14(10-13)23(26)27/h7-10,17,22H,5-6,11-12H2,1-4H3. The van der Waals surface area contributed by atoms with Crippen LogP contribution in [0.5, 0.6) is 0 Å². The molecule has 0 bridgehead atoms. The number of rotatable bonds is 10. The van der Waals surface area contributed by atoms with Gasteiger partial charge in [-0.1, -0.05) is 12.1 Å². The topological polar surface area (TPSA) is 108 Å². The number of non-ortho nitro benzene ring substituents is 1. The van der Waals surface area contributed by atoms with Crippen molar-refractivity contribution in [3.05, 3.63) is 62.5 Å². The van der Waals surface area contributed by atoms with E-state index in [4.69, 9.17) is 9.47 Å². The van der Waals surface area contributed by atoms with E-state index in [-0.39, 0.29) is 30.0 Å². The number of carbonyl (C=O) groups is 2. The highest BCUT2D eigenvalue weighted by Gasteiger charge is 2.40. The Bertz CT molecular complexity index is 869. The Morgan fingerprint density at radius 2 is 1.55 bits per heavy atom. The van der Waals surface area contributed by atoms with Crippen LogP contribution in [0.1, 0.15) is 25.3 Å². The Morgan fingerprint density at radius 3 is 1.97 bits per heavy atom. The molecule has 8 nitrogen and oxygen atoms in total. The van der Waals surface area contributed by atoms with Crippen molar-refractivity contribution in [2.75, 3.05) is 37.2 Å². The first-order valence-electron chi connectivity index (χ1n) is 9.69. The Labute approximate surface area is 190 Å². The van der Waals surface area contributed by atoms with E-state index in [1.54, 1.807) is 26.0 Å². The highest BCUT2D eigenvalue weighted by atomic mass is 32.2. The van der Waals surface area contributed by atoms with Gasteiger partial charge in [0.15, 0.2) is 0 Å². The lowest BCUT2D eigenvalue weighted by Gasteiger charge is -2.32. The third kappa shape index (κ3) is 5.82. The number of hydrogen-bond donors (Lipinski definition) is 1. The first kappa shape index (κ1) is 24.8. The second-order valence-corrected chi connectivity index (χ2v) is 8.23. The zero-order valence-corrected chi connectivity index (χ0v) is 19.6. The maximum Gasteiger partial charge on any atom is 0.336 e. The number of dihydropyridines is 1. The molecule has 2 rings (SSSR count). The number of hydrogen-bond acceptors (Lipinski definition) is 9. The van der Waals surface area contributed by atoms with E-state index in [1.165, 1.54) is 35.7 Å². The number of ether oxygens (including phenoxy) is 2. The molecule has 1 heterocycles. The molecule has 0 radical (unpaired) electrons. The van der Waals surface area contributed by atoms with Crippen LogP contribution in [0, 0.1) is 10.1 Å². The van der Waals surface area contributed by atoms with Crippen molar-refractivity contribution in [2.45, 2.75) is 19.8 Å². The van der Waals surface area contributed by atoms with Crippen LogP contribution < -0.4 is 5.32 Å². The Morgan fingerprint density at radius 1 is 1.03 bits per heavy atom. The molecule has 1 N–H and O–H groups in total. The summed E-state index contributed by atoms with van der Waals surface area (Å²) in [5.74, 6) is -1.02. The summed E-state index contributed by atoms with van der Waals surface area (Å²) in [4.78, 5) is 36.9. The predicted octanol–water partition coefficient (Wildman–Crippen LogP) is 3.64. The normalized spacial score (nSPS) is 14.3. The molecule has 168 valence electrons. The fourth-order valence-corrected chi connectivity index (χ4v) is 4.41. The van der Waals surface area contributed by atoms with E-state index in [1.807, 2.05) is 12.5 Å². The fourth-order valence-electron chi connectivity index (χ4n) is 3.38. The van der Waals surface area contributed by atoms with Crippen molar-refractivity contribution in [1.82, 2.24) is 5.32 Å². The second-order valence-electron chi connectivity index (χ2n) is 6.50. The third-order valence-corrected chi connectivity index (χ3v) is 5.67. The van der Waals surface area contributed by atoms with E-state index in [2.05, 4.69) is 5.32 Å². The zero-order chi connectivity index (χ0) is 23.0. The molecule has 0 aliphatic carbocycles. The minimum Gasteiger partial charge on any atom is -0.463 e. The van der Waals surface area contributed by atoms with E-state index in [9.17, 15) is 19.7 Å². The number of nitrogens with zero attached hydrogens (tertiary/aromatic N) is 1. The molecule has 0 unspecified atom stereocenters. The number of nitro benzene ring substituents is 1. The number of esters is 2. The van der Waals surface area contributed by atoms with Crippen LogP contribution in [-0.4, -0.2) is 54.1 Å². The van der Waals surface area contributed by atoms with Gasteiger partial charge < -0.3 is 14.8 Å². The molecule has 0 saturated heterocycles. The summed E-state index contributed by atoms with van der Waals surface area (Å²) in [7, 11) is 0. The minimum absolute atomic E-state index is 0.125. The maximum atomic E-state index is 13.0. The number of nitrogens with one attached hydrogen (secondary N) is 1. The Kier molecular flexibility index (Phi) is 9.44. The van der Waals surface area contributed by atoms with Gasteiger partial charge in [-0.2, -0.15) is 23.5 Å². The number of benzene rings is 1. The summed E-state index contributed by atoms with van der Waals surface area (Å²) in [6, 6.07) is 5.98. The number of nitro groups is 1. The van der Waals surface area contributed by atoms with E-state index < -0.39 is 22.8 Å².